The Morgan fingerprint density at radius 2 is 1.78 bits per heavy atom. The van der Waals surface area contributed by atoms with Crippen LogP contribution in [-0.4, -0.2) is 11.9 Å². The van der Waals surface area contributed by atoms with E-state index in [0.29, 0.717) is 0 Å². The summed E-state index contributed by atoms with van der Waals surface area (Å²) in [5.41, 5.74) is 6.44. The van der Waals surface area contributed by atoms with Gasteiger partial charge in [-0.1, -0.05) is 32.9 Å². The number of amides is 1. The molecule has 0 heterocycles. The minimum absolute atomic E-state index is 0.188. The highest BCUT2D eigenvalue weighted by Crippen LogP contribution is 2.19. The van der Waals surface area contributed by atoms with Crippen LogP contribution in [0.4, 0.5) is 4.39 Å². The van der Waals surface area contributed by atoms with Gasteiger partial charge in [0.15, 0.2) is 0 Å². The van der Waals surface area contributed by atoms with Gasteiger partial charge in [0.05, 0.1) is 12.1 Å². The van der Waals surface area contributed by atoms with E-state index in [9.17, 15) is 9.18 Å². The van der Waals surface area contributed by atoms with E-state index >= 15 is 0 Å². The fourth-order valence-corrected chi connectivity index (χ4v) is 1.53. The minimum atomic E-state index is -0.569. The second kappa shape index (κ2) is 5.48. The van der Waals surface area contributed by atoms with Crippen LogP contribution >= 0.6 is 0 Å². The number of nitrogens with two attached hydrogens (primary N) is 1. The molecule has 0 saturated heterocycles. The molecule has 3 nitrogen and oxygen atoms in total. The van der Waals surface area contributed by atoms with E-state index in [1.54, 1.807) is 12.1 Å². The summed E-state index contributed by atoms with van der Waals surface area (Å²) in [5.74, 6) is -0.483. The van der Waals surface area contributed by atoms with Crippen LogP contribution in [0.3, 0.4) is 0 Å². The number of benzene rings is 1. The van der Waals surface area contributed by atoms with Gasteiger partial charge in [-0.15, -0.1) is 0 Å². The van der Waals surface area contributed by atoms with Crippen LogP contribution in [0, 0.1) is 11.2 Å². The Kier molecular flexibility index (Phi) is 4.46. The molecule has 1 aromatic carbocycles. The summed E-state index contributed by atoms with van der Waals surface area (Å²) in [7, 11) is 0. The Hall–Kier alpha value is -1.42. The molecule has 0 aromatic heterocycles. The lowest BCUT2D eigenvalue weighted by molar-refractivity contribution is -0.125. The third kappa shape index (κ3) is 3.81. The summed E-state index contributed by atoms with van der Waals surface area (Å²) >= 11 is 0. The predicted molar refractivity (Wildman–Crippen MR) is 70.4 cm³/mol. The van der Waals surface area contributed by atoms with Gasteiger partial charge in [0.2, 0.25) is 5.91 Å². The van der Waals surface area contributed by atoms with Crippen LogP contribution in [0.2, 0.25) is 0 Å². The van der Waals surface area contributed by atoms with Gasteiger partial charge in [0.25, 0.3) is 0 Å². The lowest BCUT2D eigenvalue weighted by Crippen LogP contribution is -2.49. The summed E-state index contributed by atoms with van der Waals surface area (Å²) in [5, 5.41) is 2.84. The topological polar surface area (TPSA) is 55.1 Å². The van der Waals surface area contributed by atoms with E-state index in [4.69, 9.17) is 5.73 Å². The molecular formula is C14H21FN2O. The monoisotopic (exact) mass is 252 g/mol. The quantitative estimate of drug-likeness (QED) is 0.867. The van der Waals surface area contributed by atoms with Gasteiger partial charge < -0.3 is 11.1 Å². The van der Waals surface area contributed by atoms with Gasteiger partial charge in [-0.3, -0.25) is 4.79 Å². The summed E-state index contributed by atoms with van der Waals surface area (Å²) in [6.07, 6.45) is 0. The second-order valence-electron chi connectivity index (χ2n) is 5.63. The first-order valence-corrected chi connectivity index (χ1v) is 6.03. The lowest BCUT2D eigenvalue weighted by Gasteiger charge is -2.27. The molecule has 3 N–H and O–H groups in total. The van der Waals surface area contributed by atoms with Crippen molar-refractivity contribution in [3.63, 3.8) is 0 Å². The fraction of sp³-hybridized carbons (Fsp3) is 0.500. The lowest BCUT2D eigenvalue weighted by atomic mass is 9.86. The second-order valence-corrected chi connectivity index (χ2v) is 5.63. The van der Waals surface area contributed by atoms with Crippen molar-refractivity contribution in [3.8, 4) is 0 Å². The maximum absolute atomic E-state index is 12.8. The molecule has 1 rings (SSSR count). The average Bonchev–Trinajstić information content (AvgIpc) is 2.27. The van der Waals surface area contributed by atoms with Crippen molar-refractivity contribution in [1.29, 1.82) is 0 Å². The first kappa shape index (κ1) is 14.6. The van der Waals surface area contributed by atoms with Crippen LogP contribution in [0.25, 0.3) is 0 Å². The number of carbonyl (C=O) groups is 1. The van der Waals surface area contributed by atoms with Crippen molar-refractivity contribution in [1.82, 2.24) is 5.32 Å². The molecule has 0 aliphatic heterocycles. The number of carbonyl (C=O) groups excluding carboxylic acids is 1. The number of hydrogen-bond acceptors (Lipinski definition) is 2. The first-order chi connectivity index (χ1) is 8.21. The summed E-state index contributed by atoms with van der Waals surface area (Å²) < 4.78 is 12.8. The Labute approximate surface area is 108 Å². The van der Waals surface area contributed by atoms with Gasteiger partial charge in [-0.25, -0.2) is 4.39 Å². The Bertz CT molecular complexity index is 409. The van der Waals surface area contributed by atoms with E-state index < -0.39 is 6.04 Å². The van der Waals surface area contributed by atoms with E-state index in [-0.39, 0.29) is 23.2 Å². The normalized spacial score (nSPS) is 15.0. The smallest absolute Gasteiger partial charge is 0.237 e. The molecule has 1 amide bonds. The highest BCUT2D eigenvalue weighted by Gasteiger charge is 2.28. The van der Waals surface area contributed by atoms with Crippen LogP contribution in [0.5, 0.6) is 0 Å². The summed E-state index contributed by atoms with van der Waals surface area (Å²) in [6.45, 7) is 7.60. The maximum atomic E-state index is 12.8. The molecule has 0 spiro atoms. The van der Waals surface area contributed by atoms with Crippen molar-refractivity contribution in [2.45, 2.75) is 39.8 Å². The largest absolute Gasteiger partial charge is 0.348 e. The van der Waals surface area contributed by atoms with E-state index in [1.807, 2.05) is 27.7 Å². The van der Waals surface area contributed by atoms with E-state index in [1.165, 1.54) is 12.1 Å². The third-order valence-corrected chi connectivity index (χ3v) is 2.94. The van der Waals surface area contributed by atoms with Gasteiger partial charge in [0, 0.05) is 0 Å². The highest BCUT2D eigenvalue weighted by molar-refractivity contribution is 5.82. The van der Waals surface area contributed by atoms with Crippen LogP contribution in [0.15, 0.2) is 24.3 Å². The standard InChI is InChI=1S/C14H21FN2O/c1-9(10-5-7-11(15)8-6-10)17-13(18)12(16)14(2,3)4/h5-9,12H,16H2,1-4H3,(H,17,18)/t9?,12-/m0/s1. The van der Waals surface area contributed by atoms with Crippen molar-refractivity contribution < 1.29 is 9.18 Å². The van der Waals surface area contributed by atoms with Gasteiger partial charge in [-0.05, 0) is 30.0 Å². The zero-order chi connectivity index (χ0) is 13.9. The zero-order valence-corrected chi connectivity index (χ0v) is 11.3. The van der Waals surface area contributed by atoms with Crippen molar-refractivity contribution in [2.24, 2.45) is 11.1 Å². The van der Waals surface area contributed by atoms with Gasteiger partial charge >= 0.3 is 0 Å². The van der Waals surface area contributed by atoms with E-state index in [2.05, 4.69) is 5.32 Å². The maximum Gasteiger partial charge on any atom is 0.237 e. The Balaban J connectivity index is 2.68. The predicted octanol–water partition coefficient (Wildman–Crippen LogP) is 2.38. The highest BCUT2D eigenvalue weighted by atomic mass is 19.1. The first-order valence-electron chi connectivity index (χ1n) is 6.03. The number of rotatable bonds is 3. The molecule has 0 aliphatic rings. The third-order valence-electron chi connectivity index (χ3n) is 2.94. The molecule has 100 valence electrons. The van der Waals surface area contributed by atoms with Gasteiger partial charge in [-0.2, -0.15) is 0 Å². The minimum Gasteiger partial charge on any atom is -0.348 e. The van der Waals surface area contributed by atoms with Crippen LogP contribution in [-0.2, 0) is 4.79 Å². The summed E-state index contributed by atoms with van der Waals surface area (Å²) in [4.78, 5) is 11.9. The SMILES string of the molecule is CC(NC(=O)[C@H](N)C(C)(C)C)c1ccc(F)cc1. The zero-order valence-electron chi connectivity index (χ0n) is 11.3. The molecule has 0 fully saturated rings. The average molecular weight is 252 g/mol. The van der Waals surface area contributed by atoms with E-state index in [0.717, 1.165) is 5.56 Å². The number of nitrogens with one attached hydrogen (secondary N) is 1. The number of hydrogen-bond donors (Lipinski definition) is 2. The molecule has 0 bridgehead atoms. The molecule has 4 heteroatoms. The fourth-order valence-electron chi connectivity index (χ4n) is 1.53. The summed E-state index contributed by atoms with van der Waals surface area (Å²) in [6, 6.07) is 5.31. The molecule has 0 aliphatic carbocycles. The molecular weight excluding hydrogens is 231 g/mol. The van der Waals surface area contributed by atoms with Crippen LogP contribution < -0.4 is 11.1 Å². The van der Waals surface area contributed by atoms with Crippen molar-refractivity contribution in [2.75, 3.05) is 0 Å². The number of halogens is 1. The molecule has 0 radical (unpaired) electrons. The Morgan fingerprint density at radius 3 is 2.22 bits per heavy atom. The van der Waals surface area contributed by atoms with Crippen molar-refractivity contribution >= 4 is 5.91 Å². The van der Waals surface area contributed by atoms with Crippen LogP contribution in [0.1, 0.15) is 39.3 Å². The Morgan fingerprint density at radius 1 is 1.28 bits per heavy atom. The molecule has 0 saturated carbocycles. The van der Waals surface area contributed by atoms with Gasteiger partial charge in [0.1, 0.15) is 5.82 Å². The molecule has 1 aromatic rings. The molecule has 18 heavy (non-hydrogen) atoms. The molecule has 1 unspecified atom stereocenters. The molecule has 2 atom stereocenters. The van der Waals surface area contributed by atoms with Crippen molar-refractivity contribution in [3.05, 3.63) is 35.6 Å².